The highest BCUT2D eigenvalue weighted by molar-refractivity contribution is 5.51. The fraction of sp³-hybridized carbons (Fsp3) is 0.333. The zero-order valence-electron chi connectivity index (χ0n) is 8.78. The third-order valence-electron chi connectivity index (χ3n) is 2.17. The van der Waals surface area contributed by atoms with Crippen LogP contribution >= 0.6 is 0 Å². The maximum Gasteiger partial charge on any atom is 0.201 e. The number of nitrogen functional groups attached to an aromatic ring is 1. The summed E-state index contributed by atoms with van der Waals surface area (Å²) in [5, 5.41) is 20.3. The van der Waals surface area contributed by atoms with Crippen molar-refractivity contribution in [2.24, 2.45) is 0 Å². The first-order valence-corrected chi connectivity index (χ1v) is 4.84. The minimum Gasteiger partial charge on any atom is -0.394 e. The van der Waals surface area contributed by atoms with Crippen molar-refractivity contribution in [2.45, 2.75) is 13.0 Å². The van der Waals surface area contributed by atoms with E-state index in [-0.39, 0.29) is 12.6 Å². The summed E-state index contributed by atoms with van der Waals surface area (Å²) in [6.45, 7) is 1.77. The van der Waals surface area contributed by atoms with E-state index >= 15 is 0 Å². The van der Waals surface area contributed by atoms with Crippen LogP contribution in [0.15, 0.2) is 18.2 Å². The second-order valence-electron chi connectivity index (χ2n) is 3.43. The third kappa shape index (κ3) is 1.84. The molecule has 0 saturated heterocycles. The number of hydrogen-bond acceptors (Lipinski definition) is 6. The van der Waals surface area contributed by atoms with Crippen LogP contribution in [0.5, 0.6) is 0 Å². The van der Waals surface area contributed by atoms with Gasteiger partial charge in [-0.3, -0.25) is 0 Å². The van der Waals surface area contributed by atoms with Crippen molar-refractivity contribution in [3.05, 3.63) is 18.2 Å². The second-order valence-corrected chi connectivity index (χ2v) is 3.43. The Labute approximate surface area is 91.9 Å². The molecule has 0 saturated carbocycles. The van der Waals surface area contributed by atoms with E-state index < -0.39 is 0 Å². The zero-order valence-corrected chi connectivity index (χ0v) is 8.78. The largest absolute Gasteiger partial charge is 0.394 e. The summed E-state index contributed by atoms with van der Waals surface area (Å²) in [5.74, 6) is 0.901. The van der Waals surface area contributed by atoms with Crippen molar-refractivity contribution in [3.8, 4) is 11.5 Å². The number of aliphatic hydroxyl groups excluding tert-OH is 1. The van der Waals surface area contributed by atoms with Gasteiger partial charge in [0, 0.05) is 0 Å². The Kier molecular flexibility index (Phi) is 2.78. The Morgan fingerprint density at radius 1 is 1.50 bits per heavy atom. The molecule has 0 fully saturated rings. The summed E-state index contributed by atoms with van der Waals surface area (Å²) in [6, 6.07) is 5.03. The molecular weight excluding hydrogens is 208 g/mol. The molecule has 0 aliphatic heterocycles. The smallest absolute Gasteiger partial charge is 0.201 e. The second kappa shape index (κ2) is 4.23. The van der Waals surface area contributed by atoms with E-state index in [1.54, 1.807) is 18.2 Å². The molecule has 0 amide bonds. The fourth-order valence-electron chi connectivity index (χ4n) is 1.31. The molecule has 2 aromatic rings. The lowest BCUT2D eigenvalue weighted by Crippen LogP contribution is -2.13. The molecule has 84 valence electrons. The summed E-state index contributed by atoms with van der Waals surface area (Å²) in [5.41, 5.74) is 6.17. The quantitative estimate of drug-likeness (QED) is 0.747. The van der Waals surface area contributed by atoms with Crippen LogP contribution in [0, 0.1) is 0 Å². The number of tetrazole rings is 1. The number of pyridine rings is 1. The van der Waals surface area contributed by atoms with Crippen molar-refractivity contribution in [3.63, 3.8) is 0 Å². The molecule has 0 bridgehead atoms. The summed E-state index contributed by atoms with van der Waals surface area (Å²) < 4.78 is 1.52. The molecule has 7 heteroatoms. The Bertz CT molecular complexity index is 482. The minimum atomic E-state index is -0.201. The Morgan fingerprint density at radius 2 is 2.31 bits per heavy atom. The number of anilines is 1. The molecule has 7 nitrogen and oxygen atoms in total. The van der Waals surface area contributed by atoms with Crippen molar-refractivity contribution >= 4 is 5.82 Å². The van der Waals surface area contributed by atoms with E-state index in [0.717, 1.165) is 0 Å². The van der Waals surface area contributed by atoms with Crippen LogP contribution in [0.2, 0.25) is 0 Å². The first-order chi connectivity index (χ1) is 7.72. The van der Waals surface area contributed by atoms with Crippen LogP contribution in [0.25, 0.3) is 11.5 Å². The van der Waals surface area contributed by atoms with E-state index in [2.05, 4.69) is 20.5 Å². The van der Waals surface area contributed by atoms with Gasteiger partial charge in [0.2, 0.25) is 5.82 Å². The maximum atomic E-state index is 9.07. The average molecular weight is 220 g/mol. The van der Waals surface area contributed by atoms with E-state index in [9.17, 15) is 0 Å². The maximum absolute atomic E-state index is 9.07. The Morgan fingerprint density at radius 3 is 3.00 bits per heavy atom. The predicted molar refractivity (Wildman–Crippen MR) is 57.3 cm³/mol. The highest BCUT2D eigenvalue weighted by atomic mass is 16.3. The molecule has 2 rings (SSSR count). The lowest BCUT2D eigenvalue weighted by molar-refractivity contribution is 0.229. The van der Waals surface area contributed by atoms with Crippen LogP contribution in [0.4, 0.5) is 5.82 Å². The molecule has 0 aliphatic carbocycles. The first kappa shape index (κ1) is 10.5. The lowest BCUT2D eigenvalue weighted by Gasteiger charge is -2.09. The summed E-state index contributed by atoms with van der Waals surface area (Å²) >= 11 is 0. The highest BCUT2D eigenvalue weighted by Crippen LogP contribution is 2.17. The van der Waals surface area contributed by atoms with Gasteiger partial charge in [-0.05, 0) is 29.5 Å². The molecule has 0 aromatic carbocycles. The molecule has 3 N–H and O–H groups in total. The van der Waals surface area contributed by atoms with Gasteiger partial charge in [-0.2, -0.15) is 0 Å². The normalized spacial score (nSPS) is 12.6. The summed E-state index contributed by atoms with van der Waals surface area (Å²) in [7, 11) is 0. The van der Waals surface area contributed by atoms with Crippen LogP contribution < -0.4 is 5.73 Å². The monoisotopic (exact) mass is 220 g/mol. The SMILES string of the molecule is CC(CO)n1nnnc1-c1cccc(N)n1. The van der Waals surface area contributed by atoms with Crippen LogP contribution in [0.1, 0.15) is 13.0 Å². The summed E-state index contributed by atoms with van der Waals surface area (Å²) in [6.07, 6.45) is 0. The van der Waals surface area contributed by atoms with Crippen molar-refractivity contribution in [1.29, 1.82) is 0 Å². The number of nitrogens with zero attached hydrogens (tertiary/aromatic N) is 5. The van der Waals surface area contributed by atoms with Crippen molar-refractivity contribution in [2.75, 3.05) is 12.3 Å². The van der Waals surface area contributed by atoms with Gasteiger partial charge in [0.1, 0.15) is 11.5 Å². The van der Waals surface area contributed by atoms with E-state index in [4.69, 9.17) is 10.8 Å². The molecule has 2 aromatic heterocycles. The number of rotatable bonds is 3. The van der Waals surface area contributed by atoms with Gasteiger partial charge in [0.25, 0.3) is 0 Å². The molecule has 0 radical (unpaired) electrons. The predicted octanol–water partition coefficient (Wildman–Crippen LogP) is -0.129. The highest BCUT2D eigenvalue weighted by Gasteiger charge is 2.14. The molecular formula is C9H12N6O. The van der Waals surface area contributed by atoms with Crippen LogP contribution in [-0.2, 0) is 0 Å². The number of hydrogen-bond donors (Lipinski definition) is 2. The lowest BCUT2D eigenvalue weighted by atomic mass is 10.3. The van der Waals surface area contributed by atoms with Crippen LogP contribution in [-0.4, -0.2) is 36.9 Å². The number of nitrogens with two attached hydrogens (primary N) is 1. The van der Waals surface area contributed by atoms with E-state index in [0.29, 0.717) is 17.3 Å². The third-order valence-corrected chi connectivity index (χ3v) is 2.17. The first-order valence-electron chi connectivity index (χ1n) is 4.84. The number of aromatic nitrogens is 5. The minimum absolute atomic E-state index is 0.0413. The van der Waals surface area contributed by atoms with Gasteiger partial charge in [0.05, 0.1) is 12.6 Å². The Hall–Kier alpha value is -2.02. The van der Waals surface area contributed by atoms with Gasteiger partial charge in [0.15, 0.2) is 0 Å². The molecule has 2 heterocycles. The van der Waals surface area contributed by atoms with Crippen LogP contribution in [0.3, 0.4) is 0 Å². The number of aliphatic hydroxyl groups is 1. The van der Waals surface area contributed by atoms with Gasteiger partial charge in [-0.1, -0.05) is 6.07 Å². The van der Waals surface area contributed by atoms with Gasteiger partial charge < -0.3 is 10.8 Å². The van der Waals surface area contributed by atoms with Gasteiger partial charge in [-0.15, -0.1) is 5.10 Å². The standard InChI is InChI=1S/C9H12N6O/c1-6(5-16)15-9(12-13-14-15)7-3-2-4-8(10)11-7/h2-4,6,16H,5H2,1H3,(H2,10,11). The molecule has 16 heavy (non-hydrogen) atoms. The van der Waals surface area contributed by atoms with E-state index in [1.807, 2.05) is 6.92 Å². The summed E-state index contributed by atoms with van der Waals surface area (Å²) in [4.78, 5) is 4.13. The zero-order chi connectivity index (χ0) is 11.5. The molecule has 0 spiro atoms. The molecule has 0 aliphatic rings. The average Bonchev–Trinajstić information content (AvgIpc) is 2.77. The molecule has 1 atom stereocenters. The van der Waals surface area contributed by atoms with Crippen molar-refractivity contribution in [1.82, 2.24) is 25.2 Å². The van der Waals surface area contributed by atoms with Gasteiger partial charge >= 0.3 is 0 Å². The fourth-order valence-corrected chi connectivity index (χ4v) is 1.31. The van der Waals surface area contributed by atoms with E-state index in [1.165, 1.54) is 4.68 Å². The topological polar surface area (TPSA) is 103 Å². The van der Waals surface area contributed by atoms with Gasteiger partial charge in [-0.25, -0.2) is 9.67 Å². The molecule has 1 unspecified atom stereocenters. The Balaban J connectivity index is 2.44. The van der Waals surface area contributed by atoms with Crippen molar-refractivity contribution < 1.29 is 5.11 Å².